The van der Waals surface area contributed by atoms with Gasteiger partial charge in [-0.3, -0.25) is 4.79 Å². The topological polar surface area (TPSA) is 137 Å². The maximum atomic E-state index is 13.5. The molecule has 4 aromatic carbocycles. The van der Waals surface area contributed by atoms with Gasteiger partial charge in [-0.25, -0.2) is 13.1 Å². The van der Waals surface area contributed by atoms with Crippen molar-refractivity contribution in [1.82, 2.24) is 4.72 Å². The molecular weight excluding hydrogens is 739 g/mol. The molecule has 2 aliphatic rings. The number of aryl methyl sites for hydroxylation is 1. The molecule has 2 aliphatic heterocycles. The Hall–Kier alpha value is -4.02. The van der Waals surface area contributed by atoms with E-state index in [-0.39, 0.29) is 37.7 Å². The molecule has 9 atom stereocenters. The van der Waals surface area contributed by atoms with E-state index in [9.17, 15) is 13.2 Å². The summed E-state index contributed by atoms with van der Waals surface area (Å²) >= 11 is 0. The summed E-state index contributed by atoms with van der Waals surface area (Å²) < 4.78 is 80.4. The van der Waals surface area contributed by atoms with E-state index in [1.165, 1.54) is 19.1 Å². The molecule has 0 aromatic heterocycles. The SMILES string of the molecule is CO[C@H]1O[C@H](CO[C@H]2C[C@@H](NS(=O)(=O)c3ccc(C)cc3)[C@@H](OC(C)=O)[C@H](C)O2)[C@@H](OCc2ccccc2)[C@H](OCc2ccccc2)[C@H]1OCc1ccccc1. The normalized spacial score (nSPS) is 26.8. The molecule has 4 aromatic rings. The molecule has 0 unspecified atom stereocenters. The summed E-state index contributed by atoms with van der Waals surface area (Å²) in [6.45, 7) is 5.63. The van der Waals surface area contributed by atoms with Crippen LogP contribution in [0.3, 0.4) is 0 Å². The molecule has 12 nitrogen and oxygen atoms in total. The Kier molecular flexibility index (Phi) is 14.8. The van der Waals surface area contributed by atoms with Crippen LogP contribution in [0.25, 0.3) is 0 Å². The van der Waals surface area contributed by atoms with Crippen LogP contribution in [0.1, 0.15) is 42.5 Å². The van der Waals surface area contributed by atoms with Gasteiger partial charge in [0.25, 0.3) is 0 Å². The van der Waals surface area contributed by atoms with Gasteiger partial charge in [0.2, 0.25) is 10.0 Å². The highest BCUT2D eigenvalue weighted by Crippen LogP contribution is 2.33. The number of hydrogen-bond donors (Lipinski definition) is 1. The molecule has 0 aliphatic carbocycles. The molecule has 300 valence electrons. The maximum absolute atomic E-state index is 13.5. The van der Waals surface area contributed by atoms with Crippen molar-refractivity contribution in [3.8, 4) is 0 Å². The maximum Gasteiger partial charge on any atom is 0.303 e. The summed E-state index contributed by atoms with van der Waals surface area (Å²) in [6, 6.07) is 35.1. The molecule has 13 heteroatoms. The number of ether oxygens (including phenoxy) is 8. The molecule has 0 amide bonds. The summed E-state index contributed by atoms with van der Waals surface area (Å²) in [5.41, 5.74) is 3.81. The third kappa shape index (κ3) is 11.3. The van der Waals surface area contributed by atoms with Gasteiger partial charge in [-0.1, -0.05) is 109 Å². The van der Waals surface area contributed by atoms with E-state index in [4.69, 9.17) is 37.9 Å². The minimum atomic E-state index is -3.99. The summed E-state index contributed by atoms with van der Waals surface area (Å²) in [7, 11) is -2.44. The third-order valence-electron chi connectivity index (χ3n) is 9.74. The highest BCUT2D eigenvalue weighted by atomic mass is 32.2. The Labute approximate surface area is 329 Å². The van der Waals surface area contributed by atoms with Gasteiger partial charge in [-0.2, -0.15) is 0 Å². The smallest absolute Gasteiger partial charge is 0.303 e. The average Bonchev–Trinajstić information content (AvgIpc) is 3.20. The number of carbonyl (C=O) groups excluding carboxylic acids is 1. The number of carbonyl (C=O) groups is 1. The molecule has 0 spiro atoms. The van der Waals surface area contributed by atoms with Gasteiger partial charge >= 0.3 is 5.97 Å². The Balaban J connectivity index is 1.24. The van der Waals surface area contributed by atoms with Crippen LogP contribution in [0.15, 0.2) is 120 Å². The van der Waals surface area contributed by atoms with E-state index < -0.39 is 71.2 Å². The number of nitrogens with one attached hydrogen (secondary N) is 1. The minimum Gasteiger partial charge on any atom is -0.458 e. The summed E-state index contributed by atoms with van der Waals surface area (Å²) in [4.78, 5) is 12.2. The van der Waals surface area contributed by atoms with Crippen LogP contribution in [0, 0.1) is 6.92 Å². The average molecular weight is 790 g/mol. The number of methoxy groups -OCH3 is 1. The van der Waals surface area contributed by atoms with Crippen LogP contribution in [-0.2, 0) is 72.5 Å². The zero-order valence-corrected chi connectivity index (χ0v) is 32.9. The number of hydrogen-bond acceptors (Lipinski definition) is 11. The molecule has 2 fully saturated rings. The van der Waals surface area contributed by atoms with E-state index in [1.807, 2.05) is 97.9 Å². The second-order valence-corrected chi connectivity index (χ2v) is 15.7. The van der Waals surface area contributed by atoms with Crippen LogP contribution in [0.4, 0.5) is 0 Å². The van der Waals surface area contributed by atoms with Crippen molar-refractivity contribution in [1.29, 1.82) is 0 Å². The number of rotatable bonds is 17. The monoisotopic (exact) mass is 789 g/mol. The first kappa shape index (κ1) is 41.6. The van der Waals surface area contributed by atoms with Crippen LogP contribution < -0.4 is 4.72 Å². The van der Waals surface area contributed by atoms with E-state index in [0.29, 0.717) is 0 Å². The second kappa shape index (κ2) is 19.9. The molecule has 0 saturated carbocycles. The lowest BCUT2D eigenvalue weighted by atomic mass is 9.97. The summed E-state index contributed by atoms with van der Waals surface area (Å²) in [6.07, 6.45) is -6.18. The molecular formula is C43H51NO11S. The van der Waals surface area contributed by atoms with Crippen molar-refractivity contribution in [2.45, 2.75) is 107 Å². The fourth-order valence-electron chi connectivity index (χ4n) is 6.89. The van der Waals surface area contributed by atoms with Crippen molar-refractivity contribution < 1.29 is 51.1 Å². The van der Waals surface area contributed by atoms with E-state index in [1.54, 1.807) is 26.2 Å². The Morgan fingerprint density at radius 1 is 0.696 bits per heavy atom. The van der Waals surface area contributed by atoms with Gasteiger partial charge in [0.05, 0.1) is 43.5 Å². The molecule has 56 heavy (non-hydrogen) atoms. The van der Waals surface area contributed by atoms with Gasteiger partial charge in [0.1, 0.15) is 30.5 Å². The minimum absolute atomic E-state index is 0.0387. The molecule has 2 heterocycles. The van der Waals surface area contributed by atoms with Gasteiger partial charge in [0.15, 0.2) is 12.6 Å². The first-order chi connectivity index (χ1) is 27.1. The largest absolute Gasteiger partial charge is 0.458 e. The first-order valence-electron chi connectivity index (χ1n) is 18.8. The first-order valence-corrected chi connectivity index (χ1v) is 20.3. The van der Waals surface area contributed by atoms with Gasteiger partial charge < -0.3 is 37.9 Å². The molecule has 2 saturated heterocycles. The van der Waals surface area contributed by atoms with Gasteiger partial charge in [0, 0.05) is 20.5 Å². The van der Waals surface area contributed by atoms with Gasteiger partial charge in [-0.05, 0) is 42.7 Å². The Morgan fingerprint density at radius 3 is 1.73 bits per heavy atom. The van der Waals surface area contributed by atoms with Crippen molar-refractivity contribution in [2.75, 3.05) is 13.7 Å². The predicted octanol–water partition coefficient (Wildman–Crippen LogP) is 5.85. The quantitative estimate of drug-likeness (QED) is 0.129. The molecule has 1 N–H and O–H groups in total. The number of esters is 1. The van der Waals surface area contributed by atoms with Crippen molar-refractivity contribution in [3.63, 3.8) is 0 Å². The zero-order chi connectivity index (χ0) is 39.5. The van der Waals surface area contributed by atoms with Crippen molar-refractivity contribution in [2.24, 2.45) is 0 Å². The zero-order valence-electron chi connectivity index (χ0n) is 32.1. The van der Waals surface area contributed by atoms with E-state index >= 15 is 0 Å². The molecule has 6 rings (SSSR count). The molecule has 0 radical (unpaired) electrons. The second-order valence-electron chi connectivity index (χ2n) is 14.0. The van der Waals surface area contributed by atoms with E-state index in [0.717, 1.165) is 22.3 Å². The van der Waals surface area contributed by atoms with Crippen molar-refractivity contribution >= 4 is 16.0 Å². The van der Waals surface area contributed by atoms with Crippen LogP contribution >= 0.6 is 0 Å². The summed E-state index contributed by atoms with van der Waals surface area (Å²) in [5.74, 6) is -0.561. The van der Waals surface area contributed by atoms with Crippen LogP contribution in [-0.4, -0.2) is 83.3 Å². The highest BCUT2D eigenvalue weighted by Gasteiger charge is 2.50. The number of sulfonamides is 1. The highest BCUT2D eigenvalue weighted by molar-refractivity contribution is 7.89. The summed E-state index contributed by atoms with van der Waals surface area (Å²) in [5, 5.41) is 0. The lowest BCUT2D eigenvalue weighted by Gasteiger charge is -2.46. The fourth-order valence-corrected chi connectivity index (χ4v) is 8.15. The standard InChI is InChI=1S/C43H51NO11S/c1-29-20-22-35(23-21-29)56(46,47)44-36-24-38(53-30(2)39(36)54-31(3)45)49-28-37-40(50-25-32-14-8-5-9-15-32)41(51-26-33-16-10-6-11-17-33)42(43(48-4)55-37)52-27-34-18-12-7-13-19-34/h5-23,30,36-44H,24-28H2,1-4H3/t30-,36+,37+,38+,39-,40+,41-,42+,43-/m0/s1. The van der Waals surface area contributed by atoms with Gasteiger partial charge in [-0.15, -0.1) is 0 Å². The van der Waals surface area contributed by atoms with Crippen LogP contribution in [0.5, 0.6) is 0 Å². The lowest BCUT2D eigenvalue weighted by molar-refractivity contribution is -0.330. The van der Waals surface area contributed by atoms with E-state index in [2.05, 4.69) is 4.72 Å². The fraction of sp³-hybridized carbons (Fsp3) is 0.419. The Bertz CT molecular complexity index is 1900. The lowest BCUT2D eigenvalue weighted by Crippen LogP contribution is -2.62. The predicted molar refractivity (Wildman–Crippen MR) is 206 cm³/mol. The third-order valence-corrected chi connectivity index (χ3v) is 11.2. The number of benzene rings is 4. The van der Waals surface area contributed by atoms with Crippen LogP contribution in [0.2, 0.25) is 0 Å². The van der Waals surface area contributed by atoms with Crippen molar-refractivity contribution in [3.05, 3.63) is 138 Å². The molecule has 0 bridgehead atoms. The Morgan fingerprint density at radius 2 is 1.21 bits per heavy atom.